The van der Waals surface area contributed by atoms with Gasteiger partial charge in [0.25, 0.3) is 0 Å². The third-order valence-corrected chi connectivity index (χ3v) is 5.09. The van der Waals surface area contributed by atoms with Crippen molar-refractivity contribution in [3.8, 4) is 17.2 Å². The third-order valence-electron chi connectivity index (χ3n) is 4.19. The number of benzene rings is 2. The summed E-state index contributed by atoms with van der Waals surface area (Å²) in [5.41, 5.74) is 7.25. The van der Waals surface area contributed by atoms with E-state index in [-0.39, 0.29) is 38.3 Å². The number of nitrogens with one attached hydrogen (secondary N) is 1. The summed E-state index contributed by atoms with van der Waals surface area (Å²) in [6, 6.07) is 12.1. The van der Waals surface area contributed by atoms with E-state index in [1.165, 1.54) is 19.1 Å². The predicted molar refractivity (Wildman–Crippen MR) is 118 cm³/mol. The number of rotatable bonds is 6. The highest BCUT2D eigenvalue weighted by Crippen LogP contribution is 2.45. The van der Waals surface area contributed by atoms with Gasteiger partial charge in [-0.15, -0.1) is 10.2 Å². The molecule has 32 heavy (non-hydrogen) atoms. The Balaban J connectivity index is 2.06. The van der Waals surface area contributed by atoms with Gasteiger partial charge in [-0.25, -0.2) is 9.59 Å². The minimum absolute atomic E-state index is 0.0136. The van der Waals surface area contributed by atoms with Crippen LogP contribution >= 0.6 is 11.3 Å². The maximum atomic E-state index is 11.3. The SMILES string of the molecule is CC(=O)Nc1ccc(-c2c(N=Nc3cc(C(=O)O)cc(C(=O)O)c3)sc(N)c2C#N)cc1. The van der Waals surface area contributed by atoms with Gasteiger partial charge in [0.05, 0.1) is 22.4 Å². The van der Waals surface area contributed by atoms with E-state index in [2.05, 4.69) is 15.5 Å². The molecule has 11 heteroatoms. The lowest BCUT2D eigenvalue weighted by Gasteiger charge is -2.05. The average Bonchev–Trinajstić information content (AvgIpc) is 3.07. The van der Waals surface area contributed by atoms with Gasteiger partial charge in [-0.1, -0.05) is 23.5 Å². The number of carbonyl (C=O) groups is 3. The van der Waals surface area contributed by atoms with E-state index >= 15 is 0 Å². The molecule has 0 aliphatic carbocycles. The van der Waals surface area contributed by atoms with E-state index in [9.17, 15) is 29.9 Å². The molecule has 0 bridgehead atoms. The molecule has 0 unspecified atom stereocenters. The first-order valence-corrected chi connectivity index (χ1v) is 9.75. The van der Waals surface area contributed by atoms with Gasteiger partial charge in [-0.2, -0.15) is 5.26 Å². The number of carboxylic acids is 2. The van der Waals surface area contributed by atoms with Crippen molar-refractivity contribution in [2.24, 2.45) is 10.2 Å². The average molecular weight is 449 g/mol. The second kappa shape index (κ2) is 9.07. The first-order valence-electron chi connectivity index (χ1n) is 8.93. The van der Waals surface area contributed by atoms with E-state index in [0.717, 1.165) is 17.4 Å². The molecule has 3 rings (SSSR count). The Morgan fingerprint density at radius 3 is 2.12 bits per heavy atom. The summed E-state index contributed by atoms with van der Waals surface area (Å²) in [5, 5.41) is 39.2. The van der Waals surface area contributed by atoms with E-state index < -0.39 is 11.9 Å². The summed E-state index contributed by atoms with van der Waals surface area (Å²) in [7, 11) is 0. The molecule has 0 saturated carbocycles. The summed E-state index contributed by atoms with van der Waals surface area (Å²) in [4.78, 5) is 33.8. The summed E-state index contributed by atoms with van der Waals surface area (Å²) in [6.07, 6.45) is 0. The summed E-state index contributed by atoms with van der Waals surface area (Å²) < 4.78 is 0. The van der Waals surface area contributed by atoms with Crippen molar-refractivity contribution in [3.63, 3.8) is 0 Å². The molecule has 0 radical (unpaired) electrons. The fourth-order valence-corrected chi connectivity index (χ4v) is 3.69. The van der Waals surface area contributed by atoms with Crippen molar-refractivity contribution in [1.82, 2.24) is 0 Å². The quantitative estimate of drug-likeness (QED) is 0.396. The number of nitrogen functional groups attached to an aromatic ring is 1. The van der Waals surface area contributed by atoms with E-state index in [4.69, 9.17) is 5.73 Å². The van der Waals surface area contributed by atoms with Crippen molar-refractivity contribution in [1.29, 1.82) is 5.26 Å². The highest BCUT2D eigenvalue weighted by Gasteiger charge is 2.19. The van der Waals surface area contributed by atoms with Crippen LogP contribution in [-0.4, -0.2) is 28.1 Å². The van der Waals surface area contributed by atoms with Gasteiger partial charge in [0.15, 0.2) is 0 Å². The Labute approximate surface area is 185 Å². The zero-order valence-electron chi connectivity index (χ0n) is 16.5. The van der Waals surface area contributed by atoms with Crippen LogP contribution in [0.25, 0.3) is 11.1 Å². The first kappa shape index (κ1) is 22.1. The monoisotopic (exact) mass is 449 g/mol. The number of azo groups is 1. The van der Waals surface area contributed by atoms with E-state index in [0.29, 0.717) is 16.8 Å². The molecule has 0 aliphatic rings. The van der Waals surface area contributed by atoms with E-state index in [1.54, 1.807) is 24.3 Å². The van der Waals surface area contributed by atoms with Gasteiger partial charge >= 0.3 is 11.9 Å². The van der Waals surface area contributed by atoms with Crippen molar-refractivity contribution < 1.29 is 24.6 Å². The molecule has 0 atom stereocenters. The van der Waals surface area contributed by atoms with Crippen LogP contribution in [0.1, 0.15) is 33.2 Å². The number of hydrogen-bond acceptors (Lipinski definition) is 8. The minimum atomic E-state index is -1.31. The highest BCUT2D eigenvalue weighted by molar-refractivity contribution is 7.20. The summed E-state index contributed by atoms with van der Waals surface area (Å²) in [6.45, 7) is 1.38. The van der Waals surface area contributed by atoms with Crippen LogP contribution in [0.4, 0.5) is 21.4 Å². The molecule has 0 spiro atoms. The maximum Gasteiger partial charge on any atom is 0.335 e. The number of aromatic carboxylic acids is 2. The molecule has 2 aromatic carbocycles. The number of carboxylic acid groups (broad SMARTS) is 2. The number of thiophene rings is 1. The zero-order chi connectivity index (χ0) is 23.4. The first-order chi connectivity index (χ1) is 15.2. The van der Waals surface area contributed by atoms with Crippen LogP contribution in [-0.2, 0) is 4.79 Å². The molecule has 0 saturated heterocycles. The minimum Gasteiger partial charge on any atom is -0.478 e. The van der Waals surface area contributed by atoms with Crippen molar-refractivity contribution in [2.45, 2.75) is 6.92 Å². The number of nitrogens with zero attached hydrogens (tertiary/aromatic N) is 3. The number of hydrogen-bond donors (Lipinski definition) is 4. The summed E-state index contributed by atoms with van der Waals surface area (Å²) in [5.74, 6) is -2.85. The van der Waals surface area contributed by atoms with Gasteiger partial charge in [-0.3, -0.25) is 4.79 Å². The lowest BCUT2D eigenvalue weighted by Crippen LogP contribution is -2.05. The molecule has 160 valence electrons. The topological polar surface area (TPSA) is 178 Å². The molecular weight excluding hydrogens is 434 g/mol. The standard InChI is InChI=1S/C21H15N5O5S/c1-10(27)24-14-4-2-11(3-5-14)17-16(9-22)18(23)32-19(17)26-25-15-7-12(20(28)29)6-13(8-15)21(30)31/h2-8H,23H2,1H3,(H,24,27)(H,28,29)(H,30,31). The highest BCUT2D eigenvalue weighted by atomic mass is 32.1. The normalized spacial score (nSPS) is 10.6. The number of nitriles is 1. The van der Waals surface area contributed by atoms with Gasteiger partial charge in [0, 0.05) is 18.2 Å². The number of amides is 1. The molecule has 0 aliphatic heterocycles. The Kier molecular flexibility index (Phi) is 6.27. The van der Waals surface area contributed by atoms with Crippen LogP contribution in [0.2, 0.25) is 0 Å². The van der Waals surface area contributed by atoms with Crippen molar-refractivity contribution >= 4 is 50.6 Å². The molecule has 5 N–H and O–H groups in total. The lowest BCUT2D eigenvalue weighted by molar-refractivity contribution is -0.114. The van der Waals surface area contributed by atoms with Gasteiger partial charge in [0.2, 0.25) is 5.91 Å². The number of nitrogens with two attached hydrogens (primary N) is 1. The summed E-state index contributed by atoms with van der Waals surface area (Å²) >= 11 is 1.01. The molecule has 1 aromatic heterocycles. The Morgan fingerprint density at radius 2 is 1.62 bits per heavy atom. The van der Waals surface area contributed by atoms with Crippen LogP contribution in [0.5, 0.6) is 0 Å². The van der Waals surface area contributed by atoms with Gasteiger partial charge in [-0.05, 0) is 35.9 Å². The number of anilines is 2. The molecule has 3 aromatic rings. The van der Waals surface area contributed by atoms with Crippen molar-refractivity contribution in [2.75, 3.05) is 11.1 Å². The second-order valence-corrected chi connectivity index (χ2v) is 7.50. The van der Waals surface area contributed by atoms with Crippen LogP contribution in [0.3, 0.4) is 0 Å². The molecule has 0 fully saturated rings. The van der Waals surface area contributed by atoms with Crippen LogP contribution < -0.4 is 11.1 Å². The molecule has 1 heterocycles. The lowest BCUT2D eigenvalue weighted by atomic mass is 10.0. The smallest absolute Gasteiger partial charge is 0.335 e. The Bertz CT molecular complexity index is 1270. The Hall–Kier alpha value is -4.56. The van der Waals surface area contributed by atoms with E-state index in [1.807, 2.05) is 6.07 Å². The predicted octanol–water partition coefficient (Wildman–Crippen LogP) is 4.64. The second-order valence-electron chi connectivity index (χ2n) is 6.47. The fraction of sp³-hybridized carbons (Fsp3) is 0.0476. The van der Waals surface area contributed by atoms with Gasteiger partial charge in [0.1, 0.15) is 16.1 Å². The zero-order valence-corrected chi connectivity index (χ0v) is 17.3. The van der Waals surface area contributed by atoms with Gasteiger partial charge < -0.3 is 21.3 Å². The molecule has 10 nitrogen and oxygen atoms in total. The van der Waals surface area contributed by atoms with Crippen molar-refractivity contribution in [3.05, 3.63) is 59.2 Å². The fourth-order valence-electron chi connectivity index (χ4n) is 2.83. The molecular formula is C21H15N5O5S. The molecule has 1 amide bonds. The third kappa shape index (κ3) is 4.77. The maximum absolute atomic E-state index is 11.3. The largest absolute Gasteiger partial charge is 0.478 e. The van der Waals surface area contributed by atoms with Crippen LogP contribution in [0.15, 0.2) is 52.7 Å². The number of carbonyl (C=O) groups excluding carboxylic acids is 1. The van der Waals surface area contributed by atoms with Crippen LogP contribution in [0, 0.1) is 11.3 Å². The Morgan fingerprint density at radius 1 is 1.03 bits per heavy atom.